The van der Waals surface area contributed by atoms with Gasteiger partial charge in [-0.1, -0.05) is 42.5 Å². The minimum absolute atomic E-state index is 0. The predicted octanol–water partition coefficient (Wildman–Crippen LogP) is 3.45. The van der Waals surface area contributed by atoms with Crippen molar-refractivity contribution in [1.29, 1.82) is 0 Å². The number of pyridine rings is 2. The van der Waals surface area contributed by atoms with Crippen molar-refractivity contribution in [2.75, 3.05) is 10.6 Å². The molecule has 10 nitrogen and oxygen atoms in total. The van der Waals surface area contributed by atoms with Crippen LogP contribution < -0.4 is 30.0 Å². The molecule has 0 spiro atoms. The first-order valence-corrected chi connectivity index (χ1v) is 15.3. The summed E-state index contributed by atoms with van der Waals surface area (Å²) in [4.78, 5) is 17.6. The molecule has 0 aliphatic carbocycles. The van der Waals surface area contributed by atoms with Gasteiger partial charge in [0, 0.05) is 61.3 Å². The standard InChI is InChI=1S/C31H30N4O.2C2HF3O2.H2O/c36-31-23-9-8-10-24(31)22-33-28-16-20-35(30-14-5-3-12-26(28)30)18-7-1-6-17-34-19-15-27(32-21-23)25-11-2-4-13-29(25)34;2*3-2(4,5)1(6)7;/h2-5,8-16,19-20,36H,1,6-7,17-18,21-22H2;2*(H,6,7);1H2. The molecule has 3 aromatic carbocycles. The molecule has 7 rings (SSSR count). The Bertz CT molecular complexity index is 1830. The van der Waals surface area contributed by atoms with Crippen LogP contribution in [0, 0.1) is 0 Å². The largest absolute Gasteiger partial charge is 0.542 e. The number of carbonyl (C=O) groups excluding carboxylic acids is 2. The fourth-order valence-electron chi connectivity index (χ4n) is 5.32. The second kappa shape index (κ2) is 17.3. The van der Waals surface area contributed by atoms with E-state index in [1.54, 1.807) is 0 Å². The van der Waals surface area contributed by atoms with Crippen molar-refractivity contribution in [3.05, 3.63) is 102 Å². The molecular weight excluding hydrogens is 686 g/mol. The summed E-state index contributed by atoms with van der Waals surface area (Å²) in [5.74, 6) is -5.67. The van der Waals surface area contributed by atoms with E-state index in [0.29, 0.717) is 18.8 Å². The number of carboxylic acid groups (broad SMARTS) is 2. The second-order valence-electron chi connectivity index (χ2n) is 11.1. The molecule has 2 aliphatic rings. The minimum Gasteiger partial charge on any atom is -0.542 e. The van der Waals surface area contributed by atoms with Crippen LogP contribution in [0.1, 0.15) is 30.4 Å². The van der Waals surface area contributed by atoms with Crippen molar-refractivity contribution in [1.82, 2.24) is 0 Å². The van der Waals surface area contributed by atoms with Gasteiger partial charge in [-0.05, 0) is 18.6 Å². The number of carbonyl (C=O) groups is 2. The highest BCUT2D eigenvalue weighted by molar-refractivity contribution is 5.89. The molecule has 0 fully saturated rings. The molecule has 0 atom stereocenters. The first-order chi connectivity index (χ1) is 23.7. The Hall–Kier alpha value is -5.64. The first-order valence-electron chi connectivity index (χ1n) is 15.3. The monoisotopic (exact) mass is 720 g/mol. The van der Waals surface area contributed by atoms with E-state index < -0.39 is 24.3 Å². The predicted molar refractivity (Wildman–Crippen MR) is 171 cm³/mol. The summed E-state index contributed by atoms with van der Waals surface area (Å²) in [6.07, 6.45) is -2.56. The normalized spacial score (nSPS) is 13.3. The number of carboxylic acids is 2. The molecule has 6 bridgehead atoms. The smallest absolute Gasteiger partial charge is 0.430 e. The van der Waals surface area contributed by atoms with Gasteiger partial charge in [0.05, 0.1) is 22.1 Å². The lowest BCUT2D eigenvalue weighted by atomic mass is 10.1. The number of hydrogen-bond acceptors (Lipinski definition) is 7. The number of phenols is 1. The summed E-state index contributed by atoms with van der Waals surface area (Å²) in [5.41, 5.74) is 6.41. The third-order valence-electron chi connectivity index (χ3n) is 7.75. The van der Waals surface area contributed by atoms with Gasteiger partial charge in [0.15, 0.2) is 12.4 Å². The molecule has 2 aliphatic heterocycles. The van der Waals surface area contributed by atoms with Gasteiger partial charge < -0.3 is 41.0 Å². The van der Waals surface area contributed by atoms with Gasteiger partial charge in [-0.3, -0.25) is 0 Å². The number of hydrogen-bond donors (Lipinski definition) is 3. The maximum absolute atomic E-state index is 11.1. The zero-order chi connectivity index (χ0) is 36.5. The van der Waals surface area contributed by atoms with E-state index in [4.69, 9.17) is 19.8 Å². The van der Waals surface area contributed by atoms with E-state index in [0.717, 1.165) is 48.4 Å². The number of para-hydroxylation sites is 3. The summed E-state index contributed by atoms with van der Waals surface area (Å²) in [6.45, 7) is 3.11. The lowest BCUT2D eigenvalue weighted by Gasteiger charge is -2.15. The highest BCUT2D eigenvalue weighted by atomic mass is 19.4. The van der Waals surface area contributed by atoms with Crippen LogP contribution >= 0.6 is 0 Å². The molecule has 0 amide bonds. The summed E-state index contributed by atoms with van der Waals surface area (Å²) in [7, 11) is 0. The van der Waals surface area contributed by atoms with Gasteiger partial charge in [0.25, 0.3) is 0 Å². The number of benzene rings is 3. The lowest BCUT2D eigenvalue weighted by Crippen LogP contribution is -2.37. The fourth-order valence-corrected chi connectivity index (χ4v) is 5.32. The third-order valence-corrected chi connectivity index (χ3v) is 7.75. The van der Waals surface area contributed by atoms with Gasteiger partial charge in [0.1, 0.15) is 30.8 Å². The molecule has 0 saturated heterocycles. The van der Waals surface area contributed by atoms with Crippen LogP contribution in [0.25, 0.3) is 21.8 Å². The summed E-state index contributed by atoms with van der Waals surface area (Å²) in [6, 6.07) is 27.4. The van der Waals surface area contributed by atoms with Gasteiger partial charge >= 0.3 is 12.4 Å². The average molecular weight is 721 g/mol. The Labute approximate surface area is 287 Å². The number of nitrogens with one attached hydrogen (secondary N) is 2. The number of nitrogens with zero attached hydrogens (tertiary/aromatic N) is 2. The zero-order valence-electron chi connectivity index (χ0n) is 26.9. The molecular formula is C35H34F6N4O6. The van der Waals surface area contributed by atoms with Gasteiger partial charge in [0.2, 0.25) is 11.0 Å². The Morgan fingerprint density at radius 1 is 0.608 bits per heavy atom. The van der Waals surface area contributed by atoms with E-state index in [-0.39, 0.29) is 5.48 Å². The van der Waals surface area contributed by atoms with Crippen molar-refractivity contribution in [2.45, 2.75) is 57.8 Å². The van der Waals surface area contributed by atoms with Crippen LogP contribution in [-0.2, 0) is 35.8 Å². The number of aromatic hydroxyl groups is 1. The molecule has 51 heavy (non-hydrogen) atoms. The van der Waals surface area contributed by atoms with Crippen molar-refractivity contribution in [2.24, 2.45) is 0 Å². The number of fused-ring (bicyclic) bond motifs is 8. The van der Waals surface area contributed by atoms with Crippen molar-refractivity contribution in [3.63, 3.8) is 0 Å². The van der Waals surface area contributed by atoms with E-state index >= 15 is 0 Å². The minimum atomic E-state index is -5.19. The fraction of sp³-hybridized carbons (Fsp3) is 0.257. The number of aryl methyl sites for hydroxylation is 2. The van der Waals surface area contributed by atoms with Gasteiger partial charge in [-0.25, -0.2) is 0 Å². The van der Waals surface area contributed by atoms with Gasteiger partial charge in [-0.2, -0.15) is 35.5 Å². The first kappa shape index (κ1) is 39.8. The Kier molecular flexibility index (Phi) is 13.5. The lowest BCUT2D eigenvalue weighted by molar-refractivity contribution is -0.675. The average Bonchev–Trinajstić information content (AvgIpc) is 3.07. The molecule has 0 radical (unpaired) electrons. The van der Waals surface area contributed by atoms with Crippen molar-refractivity contribution in [3.8, 4) is 5.75 Å². The summed E-state index contributed by atoms with van der Waals surface area (Å²) in [5, 5.41) is 38.2. The Balaban J connectivity index is 0.000000398. The molecule has 4 heterocycles. The van der Waals surface area contributed by atoms with Crippen LogP contribution in [0.3, 0.4) is 0 Å². The van der Waals surface area contributed by atoms with Crippen LogP contribution in [0.5, 0.6) is 5.75 Å². The highest BCUT2D eigenvalue weighted by Gasteiger charge is 2.29. The quantitative estimate of drug-likeness (QED) is 0.163. The molecule has 5 aromatic rings. The second-order valence-corrected chi connectivity index (χ2v) is 11.1. The number of halogens is 6. The van der Waals surface area contributed by atoms with E-state index in [9.17, 15) is 31.4 Å². The number of aliphatic carboxylic acids is 2. The molecule has 2 aromatic heterocycles. The number of phenolic OH excluding ortho intramolecular Hbond substituents is 1. The third kappa shape index (κ3) is 10.7. The van der Waals surface area contributed by atoms with Crippen LogP contribution in [0.15, 0.2) is 91.3 Å². The van der Waals surface area contributed by atoms with E-state index in [1.807, 2.05) is 18.2 Å². The number of alkyl halides is 6. The van der Waals surface area contributed by atoms with Crippen molar-refractivity contribution >= 4 is 45.1 Å². The SMILES string of the molecule is O.O=C([O-])C(F)(F)F.O=C([O-])C(F)(F)F.Oc1c2cccc1CNc1cc[n+](c3ccccc13)CCCCC[n+]1ccc(c3ccccc31)NC2. The maximum atomic E-state index is 11.1. The van der Waals surface area contributed by atoms with Crippen LogP contribution in [0.4, 0.5) is 37.7 Å². The van der Waals surface area contributed by atoms with Crippen LogP contribution in [-0.4, -0.2) is 34.9 Å². The highest BCUT2D eigenvalue weighted by Crippen LogP contribution is 2.28. The molecule has 272 valence electrons. The molecule has 0 saturated carbocycles. The Morgan fingerprint density at radius 3 is 1.35 bits per heavy atom. The molecule has 0 unspecified atom stereocenters. The van der Waals surface area contributed by atoms with E-state index in [2.05, 4.69) is 92.8 Å². The molecule has 16 heteroatoms. The maximum Gasteiger partial charge on any atom is 0.430 e. The Morgan fingerprint density at radius 2 is 0.980 bits per heavy atom. The number of aromatic nitrogens is 2. The number of rotatable bonds is 0. The van der Waals surface area contributed by atoms with Gasteiger partial charge in [-0.15, -0.1) is 0 Å². The number of anilines is 2. The topological polar surface area (TPSA) is 164 Å². The van der Waals surface area contributed by atoms with Crippen molar-refractivity contribution < 1.29 is 65.9 Å². The summed E-state index contributed by atoms with van der Waals surface area (Å²) < 4.78 is 67.8. The summed E-state index contributed by atoms with van der Waals surface area (Å²) >= 11 is 0. The van der Waals surface area contributed by atoms with E-state index in [1.165, 1.54) is 28.2 Å². The molecule has 5 N–H and O–H groups in total. The van der Waals surface area contributed by atoms with Crippen LogP contribution in [0.2, 0.25) is 0 Å². The zero-order valence-corrected chi connectivity index (χ0v) is 26.9.